The van der Waals surface area contributed by atoms with E-state index in [1.165, 1.54) is 10.7 Å². The lowest BCUT2D eigenvalue weighted by Crippen LogP contribution is -2.36. The van der Waals surface area contributed by atoms with Gasteiger partial charge in [0.25, 0.3) is 11.2 Å². The molecule has 0 N–H and O–H groups in total. The summed E-state index contributed by atoms with van der Waals surface area (Å²) in [6.45, 7) is 6.39. The van der Waals surface area contributed by atoms with E-state index in [1.54, 1.807) is 30.3 Å². The predicted octanol–water partition coefficient (Wildman–Crippen LogP) is 6.11. The van der Waals surface area contributed by atoms with Gasteiger partial charge in [-0.15, -0.1) is 0 Å². The molecule has 8 nitrogen and oxygen atoms in total. The third kappa shape index (κ3) is 4.65. The van der Waals surface area contributed by atoms with Crippen molar-refractivity contribution in [2.75, 3.05) is 31.2 Å². The molecule has 0 bridgehead atoms. The van der Waals surface area contributed by atoms with Crippen molar-refractivity contribution in [2.24, 2.45) is 0 Å². The maximum absolute atomic E-state index is 13.8. The third-order valence-electron chi connectivity index (χ3n) is 7.14. The van der Waals surface area contributed by atoms with E-state index in [0.29, 0.717) is 42.8 Å². The minimum atomic E-state index is -0.479. The molecule has 1 aliphatic rings. The van der Waals surface area contributed by atoms with Crippen molar-refractivity contribution in [3.8, 4) is 28.1 Å². The number of benzene rings is 4. The third-order valence-corrected chi connectivity index (χ3v) is 7.14. The van der Waals surface area contributed by atoms with Gasteiger partial charge in [0.2, 0.25) is 0 Å². The monoisotopic (exact) mass is 530 g/mol. The van der Waals surface area contributed by atoms with Crippen LogP contribution in [0.1, 0.15) is 5.56 Å². The van der Waals surface area contributed by atoms with Gasteiger partial charge in [0, 0.05) is 35.8 Å². The Morgan fingerprint density at radius 1 is 0.850 bits per heavy atom. The molecule has 40 heavy (non-hydrogen) atoms. The predicted molar refractivity (Wildman–Crippen MR) is 158 cm³/mol. The van der Waals surface area contributed by atoms with Crippen molar-refractivity contribution in [2.45, 2.75) is 0 Å². The number of ether oxygens (including phenoxy) is 1. The lowest BCUT2D eigenvalue weighted by Gasteiger charge is -2.29. The van der Waals surface area contributed by atoms with Crippen molar-refractivity contribution >= 4 is 28.2 Å². The summed E-state index contributed by atoms with van der Waals surface area (Å²) in [7, 11) is 0. The summed E-state index contributed by atoms with van der Waals surface area (Å²) in [5.74, 6) is 0. The average Bonchev–Trinajstić information content (AvgIpc) is 3.01. The Labute approximate surface area is 230 Å². The Kier molecular flexibility index (Phi) is 6.67. The van der Waals surface area contributed by atoms with Crippen molar-refractivity contribution in [3.05, 3.63) is 124 Å². The maximum atomic E-state index is 13.8. The molecule has 8 heteroatoms. The molecule has 0 unspecified atom stereocenters. The molecule has 2 heterocycles. The molecule has 1 aromatic heterocycles. The van der Waals surface area contributed by atoms with Gasteiger partial charge >= 0.3 is 0 Å². The Bertz CT molecular complexity index is 1810. The maximum Gasteiger partial charge on any atom is 0.295 e. The van der Waals surface area contributed by atoms with Crippen molar-refractivity contribution in [1.82, 2.24) is 9.78 Å². The van der Waals surface area contributed by atoms with Crippen LogP contribution >= 0.6 is 0 Å². The highest BCUT2D eigenvalue weighted by Gasteiger charge is 2.23. The minimum absolute atomic E-state index is 0.120. The number of rotatable bonds is 6. The van der Waals surface area contributed by atoms with Gasteiger partial charge in [-0.1, -0.05) is 61.2 Å². The first-order valence-corrected chi connectivity index (χ1v) is 13.0. The zero-order valence-corrected chi connectivity index (χ0v) is 21.7. The highest BCUT2D eigenvalue weighted by molar-refractivity contribution is 5.95. The second kappa shape index (κ2) is 10.6. The van der Waals surface area contributed by atoms with Gasteiger partial charge in [-0.05, 0) is 53.1 Å². The molecule has 198 valence electrons. The fourth-order valence-corrected chi connectivity index (χ4v) is 5.12. The van der Waals surface area contributed by atoms with E-state index in [9.17, 15) is 14.9 Å². The molecule has 0 amide bonds. The number of nitro groups is 1. The van der Waals surface area contributed by atoms with Gasteiger partial charge in [-0.25, -0.2) is 0 Å². The fraction of sp³-hybridized carbons (Fsp3) is 0.125. The standard InChI is InChI=1S/C32H26N4O4/c1-2-22-18-24(23-8-4-3-5-9-23)20-25(19-22)31-27-10-6-7-11-28(27)32(37)35(33-31)30-21-26(12-13-29(30)36(38)39)34-14-16-40-17-15-34/h2-13,18-21H,1,14-17H2. The molecule has 1 aliphatic heterocycles. The summed E-state index contributed by atoms with van der Waals surface area (Å²) in [4.78, 5) is 27.5. The number of hydrogen-bond donors (Lipinski definition) is 0. The fourth-order valence-electron chi connectivity index (χ4n) is 5.12. The van der Waals surface area contributed by atoms with Gasteiger partial charge in [0.15, 0.2) is 0 Å². The van der Waals surface area contributed by atoms with Crippen LogP contribution in [0.5, 0.6) is 0 Å². The topological polar surface area (TPSA) is 90.5 Å². The Morgan fingerprint density at radius 2 is 1.55 bits per heavy atom. The Morgan fingerprint density at radius 3 is 2.27 bits per heavy atom. The molecule has 0 atom stereocenters. The molecule has 1 saturated heterocycles. The van der Waals surface area contributed by atoms with E-state index in [2.05, 4.69) is 11.5 Å². The minimum Gasteiger partial charge on any atom is -0.378 e. The van der Waals surface area contributed by atoms with Crippen LogP contribution in [0.25, 0.3) is 44.9 Å². The molecule has 0 radical (unpaired) electrons. The Hall–Kier alpha value is -5.08. The summed E-state index contributed by atoms with van der Waals surface area (Å²) in [5, 5.41) is 18.0. The van der Waals surface area contributed by atoms with Crippen LogP contribution in [0.4, 0.5) is 11.4 Å². The van der Waals surface area contributed by atoms with Gasteiger partial charge < -0.3 is 9.64 Å². The molecule has 5 aromatic rings. The van der Waals surface area contributed by atoms with Crippen LogP contribution in [0, 0.1) is 10.1 Å². The second-order valence-electron chi connectivity index (χ2n) is 9.55. The molecule has 4 aromatic carbocycles. The summed E-state index contributed by atoms with van der Waals surface area (Å²) < 4.78 is 6.64. The van der Waals surface area contributed by atoms with E-state index in [0.717, 1.165) is 27.9 Å². The summed E-state index contributed by atoms with van der Waals surface area (Å²) >= 11 is 0. The lowest BCUT2D eigenvalue weighted by atomic mass is 9.96. The van der Waals surface area contributed by atoms with Crippen LogP contribution in [0.2, 0.25) is 0 Å². The van der Waals surface area contributed by atoms with Crippen LogP contribution in [0.3, 0.4) is 0 Å². The largest absolute Gasteiger partial charge is 0.378 e. The quantitative estimate of drug-likeness (QED) is 0.194. The SMILES string of the molecule is C=Cc1cc(-c2ccccc2)cc(-c2nn(-c3cc(N4CCOCC4)ccc3[N+](=O)[O-])c(=O)c3ccccc23)c1. The second-order valence-corrected chi connectivity index (χ2v) is 9.55. The van der Waals surface area contributed by atoms with Crippen molar-refractivity contribution < 1.29 is 9.66 Å². The lowest BCUT2D eigenvalue weighted by molar-refractivity contribution is -0.384. The molecular formula is C32H26N4O4. The van der Waals surface area contributed by atoms with Crippen LogP contribution in [0.15, 0.2) is 102 Å². The molecule has 0 saturated carbocycles. The average molecular weight is 531 g/mol. The van der Waals surface area contributed by atoms with E-state index >= 15 is 0 Å². The number of aromatic nitrogens is 2. The van der Waals surface area contributed by atoms with E-state index in [4.69, 9.17) is 9.84 Å². The van der Waals surface area contributed by atoms with Gasteiger partial charge in [-0.3, -0.25) is 14.9 Å². The number of nitro benzene ring substituents is 1. The number of fused-ring (bicyclic) bond motifs is 1. The van der Waals surface area contributed by atoms with Crippen LogP contribution in [-0.4, -0.2) is 41.0 Å². The van der Waals surface area contributed by atoms with Crippen LogP contribution in [-0.2, 0) is 4.74 Å². The summed E-state index contributed by atoms with van der Waals surface area (Å²) in [6, 6.07) is 28.0. The first-order chi connectivity index (χ1) is 19.5. The number of morpholine rings is 1. The zero-order valence-electron chi connectivity index (χ0n) is 21.7. The first kappa shape index (κ1) is 25.2. The summed E-state index contributed by atoms with van der Waals surface area (Å²) in [6.07, 6.45) is 1.77. The molecule has 0 spiro atoms. The number of hydrogen-bond acceptors (Lipinski definition) is 6. The molecular weight excluding hydrogens is 504 g/mol. The number of nitrogens with zero attached hydrogens (tertiary/aromatic N) is 4. The highest BCUT2D eigenvalue weighted by atomic mass is 16.6. The highest BCUT2D eigenvalue weighted by Crippen LogP contribution is 2.33. The van der Waals surface area contributed by atoms with Crippen molar-refractivity contribution in [1.29, 1.82) is 0 Å². The van der Waals surface area contributed by atoms with Crippen LogP contribution < -0.4 is 10.5 Å². The molecule has 0 aliphatic carbocycles. The van der Waals surface area contributed by atoms with Crippen molar-refractivity contribution in [3.63, 3.8) is 0 Å². The van der Waals surface area contributed by atoms with Gasteiger partial charge in [0.1, 0.15) is 5.69 Å². The van der Waals surface area contributed by atoms with Gasteiger partial charge in [-0.2, -0.15) is 9.78 Å². The molecule has 6 rings (SSSR count). The van der Waals surface area contributed by atoms with E-state index < -0.39 is 10.5 Å². The number of anilines is 1. The summed E-state index contributed by atoms with van der Waals surface area (Å²) in [5.41, 5.74) is 4.47. The smallest absolute Gasteiger partial charge is 0.295 e. The normalized spacial score (nSPS) is 13.3. The first-order valence-electron chi connectivity index (χ1n) is 13.0. The van der Waals surface area contributed by atoms with E-state index in [1.807, 2.05) is 60.7 Å². The van der Waals surface area contributed by atoms with E-state index in [-0.39, 0.29) is 11.4 Å². The zero-order chi connectivity index (χ0) is 27.6. The van der Waals surface area contributed by atoms with Gasteiger partial charge in [0.05, 0.1) is 29.2 Å². The Balaban J connectivity index is 1.61. The molecule has 1 fully saturated rings.